The summed E-state index contributed by atoms with van der Waals surface area (Å²) in [6.07, 6.45) is 7.15. The third-order valence-electron chi connectivity index (χ3n) is 13.2. The number of rotatable bonds is 11. The van der Waals surface area contributed by atoms with Crippen LogP contribution < -0.4 is 19.8 Å². The monoisotopic (exact) mass is 838 g/mol. The van der Waals surface area contributed by atoms with Crippen LogP contribution in [0.3, 0.4) is 0 Å². The second kappa shape index (κ2) is 18.0. The summed E-state index contributed by atoms with van der Waals surface area (Å²) >= 11 is 0. The first-order valence-corrected chi connectivity index (χ1v) is 21.7. The Morgan fingerprint density at radius 3 is 2.58 bits per heavy atom. The zero-order chi connectivity index (χ0) is 43.5. The lowest BCUT2D eigenvalue weighted by Crippen LogP contribution is -2.50. The van der Waals surface area contributed by atoms with E-state index < -0.39 is 23.4 Å². The van der Waals surface area contributed by atoms with E-state index in [9.17, 15) is 25.5 Å². The summed E-state index contributed by atoms with van der Waals surface area (Å²) in [5, 5.41) is 61.1. The van der Waals surface area contributed by atoms with E-state index in [1.54, 1.807) is 42.7 Å². The lowest BCUT2D eigenvalue weighted by Gasteiger charge is -2.45. The van der Waals surface area contributed by atoms with Crippen molar-refractivity contribution >= 4 is 28.1 Å². The number of ketones is 1. The number of aromatic hydroxyl groups is 4. The first-order valence-electron chi connectivity index (χ1n) is 21.7. The van der Waals surface area contributed by atoms with Crippen LogP contribution in [-0.4, -0.2) is 56.1 Å². The average Bonchev–Trinajstić information content (AvgIpc) is 3.93. The zero-order valence-corrected chi connectivity index (χ0v) is 35.6. The van der Waals surface area contributed by atoms with Gasteiger partial charge < -0.3 is 45.3 Å². The molecule has 2 aliphatic rings. The number of phenols is 4. The fraction of sp³-hybridized carbons (Fsp3) is 0.373. The van der Waals surface area contributed by atoms with Gasteiger partial charge in [0.1, 0.15) is 17.4 Å². The number of nitrogens with zero attached hydrogens (tertiary/aromatic N) is 2. The molecule has 2 aromatic heterocycles. The van der Waals surface area contributed by atoms with Crippen molar-refractivity contribution in [1.82, 2.24) is 9.97 Å². The summed E-state index contributed by atoms with van der Waals surface area (Å²) in [6, 6.07) is 25.7. The van der Waals surface area contributed by atoms with Crippen LogP contribution in [0.15, 0.2) is 97.3 Å². The van der Waals surface area contributed by atoms with Crippen molar-refractivity contribution in [1.29, 1.82) is 0 Å². The number of hydrogen-bond donors (Lipinski definition) is 6. The molecule has 1 spiro atoms. The van der Waals surface area contributed by atoms with Crippen LogP contribution in [0.2, 0.25) is 0 Å². The number of nitrogens with one attached hydrogen (secondary N) is 1. The minimum absolute atomic E-state index is 0.0237. The molecule has 0 radical (unpaired) electrons. The summed E-state index contributed by atoms with van der Waals surface area (Å²) in [7, 11) is 1.50. The molecule has 4 aromatic carbocycles. The summed E-state index contributed by atoms with van der Waals surface area (Å²) in [5.74, 6) is -0.735. The molecule has 324 valence electrons. The van der Waals surface area contributed by atoms with Gasteiger partial charge in [0, 0.05) is 23.7 Å². The van der Waals surface area contributed by atoms with Crippen molar-refractivity contribution in [3.63, 3.8) is 0 Å². The quantitative estimate of drug-likeness (QED) is 0.0686. The van der Waals surface area contributed by atoms with Gasteiger partial charge in [0.15, 0.2) is 23.0 Å². The second-order valence-corrected chi connectivity index (χ2v) is 17.6. The number of aryl methyl sites for hydroxylation is 2. The molecule has 3 heterocycles. The number of phenolic OH excluding ortho intramolecular Hbond substituents is 4. The molecule has 6 aromatic rings. The maximum absolute atomic E-state index is 15.8. The Morgan fingerprint density at radius 2 is 1.79 bits per heavy atom. The molecule has 11 nitrogen and oxygen atoms in total. The second-order valence-electron chi connectivity index (χ2n) is 17.6. The van der Waals surface area contributed by atoms with Crippen molar-refractivity contribution in [2.45, 2.75) is 89.1 Å². The fourth-order valence-corrected chi connectivity index (χ4v) is 10.3. The van der Waals surface area contributed by atoms with Crippen LogP contribution in [0.1, 0.15) is 86.2 Å². The number of carbonyl (C=O) groups excluding carboxylic acids is 1. The lowest BCUT2D eigenvalue weighted by atomic mass is 9.58. The van der Waals surface area contributed by atoms with Crippen LogP contribution >= 0.6 is 0 Å². The average molecular weight is 839 g/mol. The molecule has 1 aliphatic carbocycles. The van der Waals surface area contributed by atoms with E-state index in [-0.39, 0.29) is 59.2 Å². The van der Waals surface area contributed by atoms with Crippen molar-refractivity contribution in [2.75, 3.05) is 19.0 Å². The van der Waals surface area contributed by atoms with Gasteiger partial charge in [-0.25, -0.2) is 4.98 Å². The fourth-order valence-electron chi connectivity index (χ4n) is 10.3. The third-order valence-corrected chi connectivity index (χ3v) is 13.2. The van der Waals surface area contributed by atoms with Gasteiger partial charge in [0.25, 0.3) is 0 Å². The van der Waals surface area contributed by atoms with Crippen molar-refractivity contribution in [3.8, 4) is 34.5 Å². The minimum Gasteiger partial charge on any atom is -0.668 e. The Kier molecular flexibility index (Phi) is 12.4. The van der Waals surface area contributed by atoms with E-state index in [2.05, 4.69) is 10.3 Å². The van der Waals surface area contributed by atoms with Gasteiger partial charge in [0.2, 0.25) is 5.75 Å². The van der Waals surface area contributed by atoms with Crippen LogP contribution in [0.25, 0.3) is 10.8 Å². The van der Waals surface area contributed by atoms with Crippen LogP contribution in [0, 0.1) is 17.8 Å². The summed E-state index contributed by atoms with van der Waals surface area (Å²) < 4.78 is 11.4. The van der Waals surface area contributed by atoms with Gasteiger partial charge >= 0.3 is 0 Å². The number of aliphatic hydroxyl groups is 1. The molecule has 5 unspecified atom stereocenters. The van der Waals surface area contributed by atoms with E-state index in [0.29, 0.717) is 55.8 Å². The van der Waals surface area contributed by atoms with Crippen LogP contribution in [-0.2, 0) is 29.5 Å². The van der Waals surface area contributed by atoms with E-state index in [0.717, 1.165) is 51.7 Å². The highest BCUT2D eigenvalue weighted by Crippen LogP contribution is 2.55. The molecule has 0 saturated heterocycles. The minimum atomic E-state index is -1.07. The first-order chi connectivity index (χ1) is 29.9. The summed E-state index contributed by atoms with van der Waals surface area (Å²) in [5.41, 5.74) is 4.34. The highest BCUT2D eigenvalue weighted by molar-refractivity contribution is 5.92. The molecular weight excluding hydrogens is 783 g/mol. The molecule has 11 heteroatoms. The van der Waals surface area contributed by atoms with Gasteiger partial charge in [-0.05, 0) is 150 Å². The third kappa shape index (κ3) is 8.63. The normalized spacial score (nSPS) is 20.9. The summed E-state index contributed by atoms with van der Waals surface area (Å²) in [4.78, 5) is 25.3. The molecule has 62 heavy (non-hydrogen) atoms. The molecule has 6 N–H and O–H groups in total. The van der Waals surface area contributed by atoms with Crippen molar-refractivity contribution in [3.05, 3.63) is 125 Å². The van der Waals surface area contributed by atoms with Gasteiger partial charge in [-0.2, -0.15) is 11.9 Å². The number of hydrogen-bond acceptors (Lipinski definition) is 10. The van der Waals surface area contributed by atoms with E-state index in [1.807, 2.05) is 62.4 Å². The SMILES string of the molecule is COc1cc(CCC(O)C2C(=O)CC(c3cc(O)c(O)c(OCC(C)C)c3)CCc3c(ccc4cc(O)ccc34)Nc3cc(ccn3)C23CCCC3Cc2ccc[n-]2)ccc1O. The molecule has 1 aliphatic heterocycles. The number of ether oxygens (including phenoxy) is 2. The molecule has 0 amide bonds. The standard InChI is InChI=1S/C51H56N3O8/c1-30(2)29-62-47-26-34(25-45(59)50(47)60)32-10-13-40-39-14-12-38(55)23-33(39)11-15-41(40)54-48-28-36(18-21-53-48)51(19-4-6-35(51)27-37-7-5-20-52-37)49(44(58)24-32)43(57)17-9-31-8-16-42(56)46(22-31)61-3/h5,7-8,11-12,14-16,18,20-23,25-26,28,30,32,35,43,49,55-57,59-60H,4,6,9-10,13,17,19,24,27,29H2,1-3H3,(H,53,54)/q-1. The van der Waals surface area contributed by atoms with E-state index in [1.165, 1.54) is 13.2 Å². The Hall–Kier alpha value is -6.20. The number of aromatic nitrogens is 2. The van der Waals surface area contributed by atoms with Gasteiger partial charge in [-0.3, -0.25) is 4.79 Å². The molecular formula is C51H56N3O8-. The topological polar surface area (TPSA) is 176 Å². The molecule has 8 rings (SSSR count). The highest BCUT2D eigenvalue weighted by atomic mass is 16.5. The van der Waals surface area contributed by atoms with Crippen molar-refractivity contribution in [2.24, 2.45) is 17.8 Å². The van der Waals surface area contributed by atoms with E-state index in [4.69, 9.17) is 14.5 Å². The Labute approximate surface area is 362 Å². The number of anilines is 2. The molecule has 1 fully saturated rings. The number of fused-ring (bicyclic) bond motifs is 6. The lowest BCUT2D eigenvalue weighted by molar-refractivity contribution is -0.132. The van der Waals surface area contributed by atoms with Gasteiger partial charge in [-0.15, -0.1) is 0 Å². The summed E-state index contributed by atoms with van der Waals surface area (Å²) in [6.45, 7) is 4.31. The molecule has 5 atom stereocenters. The number of aliphatic hydroxyl groups excluding tert-OH is 1. The highest BCUT2D eigenvalue weighted by Gasteiger charge is 2.54. The number of pyridine rings is 1. The Morgan fingerprint density at radius 1 is 0.935 bits per heavy atom. The van der Waals surface area contributed by atoms with E-state index >= 15 is 4.79 Å². The number of carbonyl (C=O) groups is 1. The van der Waals surface area contributed by atoms with Gasteiger partial charge in [0.05, 0.1) is 25.7 Å². The molecule has 1 saturated carbocycles. The predicted octanol–water partition coefficient (Wildman–Crippen LogP) is 9.38. The van der Waals surface area contributed by atoms with Crippen molar-refractivity contribution < 1.29 is 39.8 Å². The van der Waals surface area contributed by atoms with Gasteiger partial charge in [-0.1, -0.05) is 50.6 Å². The maximum atomic E-state index is 15.8. The van der Waals surface area contributed by atoms with Crippen LogP contribution in [0.4, 0.5) is 11.5 Å². The van der Waals surface area contributed by atoms with Crippen LogP contribution in [0.5, 0.6) is 34.5 Å². The number of methoxy groups -OCH3 is 1. The Bertz CT molecular complexity index is 2540. The largest absolute Gasteiger partial charge is 0.668 e. The Balaban J connectivity index is 1.30. The number of Topliss-reactive ketones (excluding diaryl/α,β-unsaturated/α-hetero) is 1. The maximum Gasteiger partial charge on any atom is 0.200 e. The molecule has 2 bridgehead atoms. The number of benzene rings is 4. The predicted molar refractivity (Wildman–Crippen MR) is 239 cm³/mol. The zero-order valence-electron chi connectivity index (χ0n) is 35.6. The smallest absolute Gasteiger partial charge is 0.200 e. The first kappa shape index (κ1) is 42.5.